The number of piperidine rings is 1. The van der Waals surface area contributed by atoms with Gasteiger partial charge in [-0.05, 0) is 33.1 Å². The van der Waals surface area contributed by atoms with Crippen molar-refractivity contribution in [2.45, 2.75) is 58.9 Å². The van der Waals surface area contributed by atoms with Crippen molar-refractivity contribution in [3.05, 3.63) is 0 Å². The number of rotatable bonds is 3. The van der Waals surface area contributed by atoms with Crippen LogP contribution in [0.5, 0.6) is 0 Å². The van der Waals surface area contributed by atoms with Gasteiger partial charge in [-0.25, -0.2) is 0 Å². The predicted molar refractivity (Wildman–Crippen MR) is 64.1 cm³/mol. The van der Waals surface area contributed by atoms with Crippen LogP contribution in [0.25, 0.3) is 0 Å². The molecule has 92 valence electrons. The number of likely N-dealkylation sites (tertiary alicyclic amines) is 1. The minimum atomic E-state index is -0.599. The summed E-state index contributed by atoms with van der Waals surface area (Å²) in [6, 6.07) is 0. The quantitative estimate of drug-likeness (QED) is 0.739. The standard InChI is InChI=1S/C13H23NO2/c1-5-10(6-2)12(16)14-9-7-8-11(15)13(14,3)4/h10H,5-9H2,1-4H3. The lowest BCUT2D eigenvalue weighted by Gasteiger charge is -2.42. The SMILES string of the molecule is CCC(CC)C(=O)N1CCCC(=O)C1(C)C. The van der Waals surface area contributed by atoms with Crippen molar-refractivity contribution in [2.75, 3.05) is 6.54 Å². The van der Waals surface area contributed by atoms with Gasteiger partial charge in [0.2, 0.25) is 5.91 Å². The van der Waals surface area contributed by atoms with E-state index in [1.165, 1.54) is 0 Å². The zero-order valence-electron chi connectivity index (χ0n) is 10.9. The molecule has 0 bridgehead atoms. The highest BCUT2D eigenvalue weighted by Gasteiger charge is 2.41. The van der Waals surface area contributed by atoms with Crippen molar-refractivity contribution in [2.24, 2.45) is 5.92 Å². The number of hydrogen-bond acceptors (Lipinski definition) is 2. The van der Waals surface area contributed by atoms with Crippen LogP contribution in [0.3, 0.4) is 0 Å². The molecule has 0 aromatic carbocycles. The molecule has 0 unspecified atom stereocenters. The summed E-state index contributed by atoms with van der Waals surface area (Å²) in [4.78, 5) is 25.9. The molecule has 0 aromatic heterocycles. The smallest absolute Gasteiger partial charge is 0.226 e. The normalized spacial score (nSPS) is 20.3. The molecule has 0 aromatic rings. The molecule has 1 rings (SSSR count). The molecule has 3 nitrogen and oxygen atoms in total. The summed E-state index contributed by atoms with van der Waals surface area (Å²) in [5.74, 6) is 0.422. The summed E-state index contributed by atoms with van der Waals surface area (Å²) in [6.45, 7) is 8.54. The number of nitrogens with zero attached hydrogens (tertiary/aromatic N) is 1. The highest BCUT2D eigenvalue weighted by molar-refractivity contribution is 5.93. The molecular weight excluding hydrogens is 202 g/mol. The van der Waals surface area contributed by atoms with Gasteiger partial charge in [0.25, 0.3) is 0 Å². The summed E-state index contributed by atoms with van der Waals surface area (Å²) in [5, 5.41) is 0. The van der Waals surface area contributed by atoms with Crippen molar-refractivity contribution in [1.82, 2.24) is 4.90 Å². The maximum atomic E-state index is 12.3. The molecule has 0 atom stereocenters. The summed E-state index contributed by atoms with van der Waals surface area (Å²) in [7, 11) is 0. The average Bonchev–Trinajstić information content (AvgIpc) is 2.23. The van der Waals surface area contributed by atoms with E-state index in [0.29, 0.717) is 6.42 Å². The number of hydrogen-bond donors (Lipinski definition) is 0. The Kier molecular flexibility index (Phi) is 4.11. The van der Waals surface area contributed by atoms with Gasteiger partial charge in [0.05, 0.1) is 5.54 Å². The largest absolute Gasteiger partial charge is 0.330 e. The second-order valence-electron chi connectivity index (χ2n) is 5.09. The first-order valence-corrected chi connectivity index (χ1v) is 6.29. The first-order valence-electron chi connectivity index (χ1n) is 6.29. The fraction of sp³-hybridized carbons (Fsp3) is 0.846. The van der Waals surface area contributed by atoms with Crippen molar-refractivity contribution in [3.63, 3.8) is 0 Å². The van der Waals surface area contributed by atoms with Crippen molar-refractivity contribution < 1.29 is 9.59 Å². The van der Waals surface area contributed by atoms with E-state index in [1.54, 1.807) is 4.90 Å². The second-order valence-corrected chi connectivity index (χ2v) is 5.09. The van der Waals surface area contributed by atoms with Crippen LogP contribution in [-0.2, 0) is 9.59 Å². The highest BCUT2D eigenvalue weighted by Crippen LogP contribution is 2.27. The van der Waals surface area contributed by atoms with Crippen molar-refractivity contribution in [3.8, 4) is 0 Å². The maximum absolute atomic E-state index is 12.3. The zero-order chi connectivity index (χ0) is 12.3. The van der Waals surface area contributed by atoms with Gasteiger partial charge in [-0.2, -0.15) is 0 Å². The van der Waals surface area contributed by atoms with Gasteiger partial charge in [-0.3, -0.25) is 9.59 Å². The minimum Gasteiger partial charge on any atom is -0.330 e. The van der Waals surface area contributed by atoms with E-state index in [1.807, 2.05) is 27.7 Å². The zero-order valence-corrected chi connectivity index (χ0v) is 10.9. The molecular formula is C13H23NO2. The third kappa shape index (κ3) is 2.28. The van der Waals surface area contributed by atoms with E-state index in [-0.39, 0.29) is 17.6 Å². The maximum Gasteiger partial charge on any atom is 0.226 e. The lowest BCUT2D eigenvalue weighted by molar-refractivity contribution is -0.151. The third-order valence-corrected chi connectivity index (χ3v) is 3.74. The molecule has 1 amide bonds. The third-order valence-electron chi connectivity index (χ3n) is 3.74. The van der Waals surface area contributed by atoms with Crippen molar-refractivity contribution >= 4 is 11.7 Å². The molecule has 0 spiro atoms. The number of carbonyl (C=O) groups is 2. The Bertz CT molecular complexity index is 280. The monoisotopic (exact) mass is 225 g/mol. The van der Waals surface area contributed by atoms with Crippen LogP contribution in [0, 0.1) is 5.92 Å². The minimum absolute atomic E-state index is 0.0742. The van der Waals surface area contributed by atoms with Gasteiger partial charge >= 0.3 is 0 Å². The van der Waals surface area contributed by atoms with Gasteiger partial charge in [-0.1, -0.05) is 13.8 Å². The first kappa shape index (κ1) is 13.2. The molecule has 3 heteroatoms. The van der Waals surface area contributed by atoms with E-state index in [2.05, 4.69) is 0 Å². The van der Waals surface area contributed by atoms with Gasteiger partial charge < -0.3 is 4.90 Å². The Morgan fingerprint density at radius 1 is 1.38 bits per heavy atom. The predicted octanol–water partition coefficient (Wildman–Crippen LogP) is 2.39. The molecule has 1 saturated heterocycles. The van der Waals surface area contributed by atoms with Gasteiger partial charge in [0.15, 0.2) is 5.78 Å². The van der Waals surface area contributed by atoms with E-state index in [9.17, 15) is 9.59 Å². The molecule has 16 heavy (non-hydrogen) atoms. The fourth-order valence-electron chi connectivity index (χ4n) is 2.38. The van der Waals surface area contributed by atoms with E-state index in [0.717, 1.165) is 25.8 Å². The Hall–Kier alpha value is -0.860. The molecule has 0 aliphatic carbocycles. The van der Waals surface area contributed by atoms with E-state index >= 15 is 0 Å². The van der Waals surface area contributed by atoms with Gasteiger partial charge in [-0.15, -0.1) is 0 Å². The van der Waals surface area contributed by atoms with Crippen LogP contribution < -0.4 is 0 Å². The molecule has 0 radical (unpaired) electrons. The average molecular weight is 225 g/mol. The van der Waals surface area contributed by atoms with Crippen LogP contribution in [0.15, 0.2) is 0 Å². The lowest BCUT2D eigenvalue weighted by Crippen LogP contribution is -2.57. The van der Waals surface area contributed by atoms with Crippen LogP contribution in [0.1, 0.15) is 53.4 Å². The molecule has 1 aliphatic rings. The Balaban J connectivity index is 2.85. The van der Waals surface area contributed by atoms with Gasteiger partial charge in [0.1, 0.15) is 0 Å². The highest BCUT2D eigenvalue weighted by atomic mass is 16.2. The van der Waals surface area contributed by atoms with Crippen LogP contribution in [0.4, 0.5) is 0 Å². The molecule has 0 N–H and O–H groups in total. The number of carbonyl (C=O) groups excluding carboxylic acids is 2. The number of amides is 1. The van der Waals surface area contributed by atoms with Gasteiger partial charge in [0, 0.05) is 18.9 Å². The summed E-state index contributed by atoms with van der Waals surface area (Å²) >= 11 is 0. The number of ketones is 1. The molecule has 0 saturated carbocycles. The van der Waals surface area contributed by atoms with Crippen LogP contribution in [0.2, 0.25) is 0 Å². The summed E-state index contributed by atoms with van der Waals surface area (Å²) in [5.41, 5.74) is -0.599. The molecule has 1 heterocycles. The fourth-order valence-corrected chi connectivity index (χ4v) is 2.38. The molecule has 1 fully saturated rings. The summed E-state index contributed by atoms with van der Waals surface area (Å²) < 4.78 is 0. The second kappa shape index (κ2) is 4.98. The topological polar surface area (TPSA) is 37.4 Å². The van der Waals surface area contributed by atoms with Crippen LogP contribution >= 0.6 is 0 Å². The number of Topliss-reactive ketones (excluding diaryl/α,β-unsaturated/α-hetero) is 1. The Morgan fingerprint density at radius 3 is 2.44 bits per heavy atom. The molecule has 1 aliphatic heterocycles. The Morgan fingerprint density at radius 2 is 1.94 bits per heavy atom. The van der Waals surface area contributed by atoms with Crippen LogP contribution in [-0.4, -0.2) is 28.7 Å². The lowest BCUT2D eigenvalue weighted by atomic mass is 9.87. The summed E-state index contributed by atoms with van der Waals surface area (Å²) in [6.07, 6.45) is 3.14. The van der Waals surface area contributed by atoms with E-state index in [4.69, 9.17) is 0 Å². The first-order chi connectivity index (χ1) is 7.45. The van der Waals surface area contributed by atoms with Crippen molar-refractivity contribution in [1.29, 1.82) is 0 Å². The van der Waals surface area contributed by atoms with E-state index < -0.39 is 5.54 Å². The Labute approximate surface area is 98.2 Å².